The molecule has 0 amide bonds. The van der Waals surface area contributed by atoms with Gasteiger partial charge in [-0.2, -0.15) is 0 Å². The number of hydrogen-bond donors (Lipinski definition) is 2. The minimum atomic E-state index is -0.539. The summed E-state index contributed by atoms with van der Waals surface area (Å²) in [5, 5.41) is 0. The van der Waals surface area contributed by atoms with Crippen molar-refractivity contribution >= 4 is 23.7 Å². The van der Waals surface area contributed by atoms with Gasteiger partial charge in [-0.1, -0.05) is 12.1 Å². The third-order valence-corrected chi connectivity index (χ3v) is 3.01. The Kier molecular flexibility index (Phi) is 3.78. The fourth-order valence-electron chi connectivity index (χ4n) is 1.33. The van der Waals surface area contributed by atoms with E-state index >= 15 is 0 Å². The van der Waals surface area contributed by atoms with Gasteiger partial charge in [0.05, 0.1) is 0 Å². The van der Waals surface area contributed by atoms with Gasteiger partial charge in [-0.15, -0.1) is 11.8 Å². The number of thioether (sulfide) groups is 1. The Bertz CT molecular complexity index is 671. The normalized spacial score (nSPS) is 10.9. The van der Waals surface area contributed by atoms with Gasteiger partial charge in [0.1, 0.15) is 5.69 Å². The molecule has 0 bridgehead atoms. The van der Waals surface area contributed by atoms with Crippen molar-refractivity contribution in [3.63, 3.8) is 0 Å². The second kappa shape index (κ2) is 5.50. The minimum absolute atomic E-state index is 0.170. The topological polar surface area (TPSA) is 78.1 Å². The molecule has 0 aliphatic rings. The van der Waals surface area contributed by atoms with Gasteiger partial charge in [0.2, 0.25) is 0 Å². The van der Waals surface area contributed by atoms with E-state index < -0.39 is 11.2 Å². The molecule has 0 spiro atoms. The van der Waals surface area contributed by atoms with Crippen molar-refractivity contribution in [2.75, 3.05) is 6.26 Å². The highest BCUT2D eigenvalue weighted by Gasteiger charge is 1.96. The highest BCUT2D eigenvalue weighted by molar-refractivity contribution is 7.98. The lowest BCUT2D eigenvalue weighted by molar-refractivity contribution is 1.03. The molecule has 1 aromatic heterocycles. The zero-order valence-corrected chi connectivity index (χ0v) is 10.5. The fraction of sp³-hybridized carbons (Fsp3) is 0.0833. The Labute approximate surface area is 107 Å². The largest absolute Gasteiger partial charge is 0.325 e. The molecule has 0 aliphatic heterocycles. The summed E-state index contributed by atoms with van der Waals surface area (Å²) < 4.78 is 0. The van der Waals surface area contributed by atoms with Crippen molar-refractivity contribution in [3.05, 3.63) is 56.9 Å². The van der Waals surface area contributed by atoms with Crippen LogP contribution in [0.1, 0.15) is 5.56 Å². The second-order valence-corrected chi connectivity index (χ2v) is 4.37. The van der Waals surface area contributed by atoms with E-state index in [1.807, 2.05) is 30.5 Å². The number of nitrogens with zero attached hydrogens (tertiary/aromatic N) is 1. The van der Waals surface area contributed by atoms with Crippen LogP contribution in [0.4, 0.5) is 5.69 Å². The number of benzene rings is 1. The van der Waals surface area contributed by atoms with Crippen molar-refractivity contribution in [3.8, 4) is 0 Å². The first kappa shape index (κ1) is 12.4. The van der Waals surface area contributed by atoms with Gasteiger partial charge in [-0.25, -0.2) is 9.79 Å². The zero-order valence-electron chi connectivity index (χ0n) is 9.64. The van der Waals surface area contributed by atoms with E-state index in [0.29, 0.717) is 0 Å². The third kappa shape index (κ3) is 2.98. The van der Waals surface area contributed by atoms with E-state index in [2.05, 4.69) is 15.0 Å². The van der Waals surface area contributed by atoms with E-state index in [4.69, 9.17) is 0 Å². The summed E-state index contributed by atoms with van der Waals surface area (Å²) in [6, 6.07) is 7.77. The lowest BCUT2D eigenvalue weighted by Crippen LogP contribution is -2.20. The van der Waals surface area contributed by atoms with Crippen molar-refractivity contribution in [1.29, 1.82) is 0 Å². The fourth-order valence-corrected chi connectivity index (χ4v) is 1.74. The maximum atomic E-state index is 11.4. The Morgan fingerprint density at radius 1 is 1.22 bits per heavy atom. The predicted molar refractivity (Wildman–Crippen MR) is 73.2 cm³/mol. The molecule has 0 saturated heterocycles. The lowest BCUT2D eigenvalue weighted by Gasteiger charge is -1.96. The average molecular weight is 261 g/mol. The number of nitrogens with one attached hydrogen (secondary N) is 2. The van der Waals surface area contributed by atoms with Crippen molar-refractivity contribution in [2.24, 2.45) is 4.99 Å². The van der Waals surface area contributed by atoms with Gasteiger partial charge in [-0.05, 0) is 24.0 Å². The minimum Gasteiger partial charge on any atom is -0.312 e. The number of aromatic amines is 2. The van der Waals surface area contributed by atoms with E-state index in [1.165, 1.54) is 6.20 Å². The molecule has 2 N–H and O–H groups in total. The molecule has 18 heavy (non-hydrogen) atoms. The Balaban J connectivity index is 2.24. The van der Waals surface area contributed by atoms with Gasteiger partial charge in [0.15, 0.2) is 0 Å². The summed E-state index contributed by atoms with van der Waals surface area (Å²) in [4.78, 5) is 31.9. The van der Waals surface area contributed by atoms with E-state index in [0.717, 1.165) is 10.5 Å². The number of rotatable bonds is 3. The smallest absolute Gasteiger partial charge is 0.312 e. The standard InChI is InChI=1S/C12H11N3O2S/c1-18-9-4-2-8(3-5-9)6-13-10-7-14-12(17)15-11(10)16/h2-7H,1H3,(H2,14,15,16,17). The molecule has 2 aromatic rings. The molecule has 2 rings (SSSR count). The summed E-state index contributed by atoms with van der Waals surface area (Å²) >= 11 is 1.66. The first-order chi connectivity index (χ1) is 8.69. The van der Waals surface area contributed by atoms with Gasteiger partial charge in [0, 0.05) is 17.3 Å². The van der Waals surface area contributed by atoms with Gasteiger partial charge in [0.25, 0.3) is 5.56 Å². The van der Waals surface area contributed by atoms with Crippen LogP contribution in [0.5, 0.6) is 0 Å². The number of H-pyrrole nitrogens is 2. The van der Waals surface area contributed by atoms with Crippen LogP contribution in [0.25, 0.3) is 0 Å². The average Bonchev–Trinajstić information content (AvgIpc) is 2.38. The SMILES string of the molecule is CSc1ccc(C=Nc2c[nH]c(=O)[nH]c2=O)cc1. The Morgan fingerprint density at radius 3 is 2.56 bits per heavy atom. The van der Waals surface area contributed by atoms with Crippen LogP contribution in [0.15, 0.2) is 49.9 Å². The summed E-state index contributed by atoms with van der Waals surface area (Å²) in [6.07, 6.45) is 4.86. The number of hydrogen-bond acceptors (Lipinski definition) is 4. The number of aromatic nitrogens is 2. The molecule has 0 unspecified atom stereocenters. The quantitative estimate of drug-likeness (QED) is 0.649. The highest BCUT2D eigenvalue weighted by Crippen LogP contribution is 2.14. The van der Waals surface area contributed by atoms with Crippen LogP contribution < -0.4 is 11.2 Å². The molecular formula is C12H11N3O2S. The van der Waals surface area contributed by atoms with E-state index in [9.17, 15) is 9.59 Å². The third-order valence-electron chi connectivity index (χ3n) is 2.27. The molecule has 0 aliphatic carbocycles. The van der Waals surface area contributed by atoms with Crippen LogP contribution in [0, 0.1) is 0 Å². The summed E-state index contributed by atoms with van der Waals surface area (Å²) in [7, 11) is 0. The maximum Gasteiger partial charge on any atom is 0.325 e. The van der Waals surface area contributed by atoms with Crippen LogP contribution in [-0.4, -0.2) is 22.4 Å². The second-order valence-electron chi connectivity index (χ2n) is 3.49. The van der Waals surface area contributed by atoms with Crippen molar-refractivity contribution in [1.82, 2.24) is 9.97 Å². The van der Waals surface area contributed by atoms with Crippen LogP contribution in [0.2, 0.25) is 0 Å². The zero-order chi connectivity index (χ0) is 13.0. The molecule has 0 saturated carbocycles. The van der Waals surface area contributed by atoms with E-state index in [1.54, 1.807) is 18.0 Å². The molecule has 0 atom stereocenters. The molecular weight excluding hydrogens is 250 g/mol. The van der Waals surface area contributed by atoms with E-state index in [-0.39, 0.29) is 5.69 Å². The molecule has 1 heterocycles. The predicted octanol–water partition coefficient (Wildman–Crippen LogP) is 1.54. The molecule has 6 heteroatoms. The van der Waals surface area contributed by atoms with Crippen LogP contribution >= 0.6 is 11.8 Å². The summed E-state index contributed by atoms with van der Waals surface area (Å²) in [6.45, 7) is 0. The molecule has 5 nitrogen and oxygen atoms in total. The van der Waals surface area contributed by atoms with Gasteiger partial charge < -0.3 is 4.98 Å². The first-order valence-electron chi connectivity index (χ1n) is 5.19. The molecule has 92 valence electrons. The van der Waals surface area contributed by atoms with Gasteiger partial charge in [-0.3, -0.25) is 9.78 Å². The molecule has 1 aromatic carbocycles. The first-order valence-corrected chi connectivity index (χ1v) is 6.41. The number of aliphatic imine (C=N–C) groups is 1. The lowest BCUT2D eigenvalue weighted by atomic mass is 10.2. The Morgan fingerprint density at radius 2 is 1.94 bits per heavy atom. The Hall–Kier alpha value is -2.08. The van der Waals surface area contributed by atoms with Crippen molar-refractivity contribution < 1.29 is 0 Å². The maximum absolute atomic E-state index is 11.4. The monoisotopic (exact) mass is 261 g/mol. The van der Waals surface area contributed by atoms with Crippen LogP contribution in [0.3, 0.4) is 0 Å². The molecule has 0 fully saturated rings. The van der Waals surface area contributed by atoms with Gasteiger partial charge >= 0.3 is 5.69 Å². The van der Waals surface area contributed by atoms with Crippen molar-refractivity contribution in [2.45, 2.75) is 4.90 Å². The molecule has 0 radical (unpaired) electrons. The van der Waals surface area contributed by atoms with Crippen LogP contribution in [-0.2, 0) is 0 Å². The summed E-state index contributed by atoms with van der Waals surface area (Å²) in [5.41, 5.74) is 0.0148. The summed E-state index contributed by atoms with van der Waals surface area (Å²) in [5.74, 6) is 0. The highest BCUT2D eigenvalue weighted by atomic mass is 32.2.